The molecule has 8 heteroatoms. The minimum atomic E-state index is -0.375. The molecule has 148 valence electrons. The van der Waals surface area contributed by atoms with Crippen molar-refractivity contribution in [3.63, 3.8) is 0 Å². The van der Waals surface area contributed by atoms with Crippen LogP contribution in [0.15, 0.2) is 35.3 Å². The largest absolute Gasteiger partial charge is 0.324 e. The first kappa shape index (κ1) is 20.1. The summed E-state index contributed by atoms with van der Waals surface area (Å²) in [7, 11) is 0. The normalized spacial score (nSPS) is 12.0. The van der Waals surface area contributed by atoms with E-state index in [-0.39, 0.29) is 29.5 Å². The van der Waals surface area contributed by atoms with E-state index in [1.54, 1.807) is 35.1 Å². The molecule has 0 radical (unpaired) electrons. The lowest BCUT2D eigenvalue weighted by atomic mass is 10.1. The van der Waals surface area contributed by atoms with E-state index in [0.29, 0.717) is 16.2 Å². The van der Waals surface area contributed by atoms with Gasteiger partial charge in [0.05, 0.1) is 17.4 Å². The molecule has 0 saturated carbocycles. The van der Waals surface area contributed by atoms with Gasteiger partial charge < -0.3 is 5.32 Å². The van der Waals surface area contributed by atoms with Gasteiger partial charge in [0.25, 0.3) is 5.56 Å². The zero-order valence-corrected chi connectivity index (χ0v) is 17.4. The van der Waals surface area contributed by atoms with Crippen LogP contribution in [-0.2, 0) is 16.9 Å². The molecule has 28 heavy (non-hydrogen) atoms. The number of anilines is 1. The van der Waals surface area contributed by atoms with E-state index in [1.165, 1.54) is 4.68 Å². The molecule has 0 bridgehead atoms. The standard InChI is InChI=1S/C20H24ClN5O2/c1-12(2)17-15-10-22-26(20(3,4)5)18(15)19(28)25(24-17)11-16(27)23-14-8-6-13(21)7-9-14/h6-10,12H,11H2,1-5H3,(H,23,27). The lowest BCUT2D eigenvalue weighted by molar-refractivity contribution is -0.117. The smallest absolute Gasteiger partial charge is 0.293 e. The van der Waals surface area contributed by atoms with Crippen LogP contribution in [0, 0.1) is 0 Å². The van der Waals surface area contributed by atoms with Crippen molar-refractivity contribution >= 4 is 34.1 Å². The van der Waals surface area contributed by atoms with Crippen LogP contribution >= 0.6 is 11.6 Å². The Morgan fingerprint density at radius 3 is 2.43 bits per heavy atom. The summed E-state index contributed by atoms with van der Waals surface area (Å²) in [6.07, 6.45) is 1.68. The molecule has 0 aliphatic rings. The molecule has 1 amide bonds. The number of hydrogen-bond acceptors (Lipinski definition) is 4. The summed E-state index contributed by atoms with van der Waals surface area (Å²) in [5.74, 6) is -0.265. The number of fused-ring (bicyclic) bond motifs is 1. The molecule has 0 aliphatic carbocycles. The molecule has 3 aromatic rings. The summed E-state index contributed by atoms with van der Waals surface area (Å²) >= 11 is 5.87. The van der Waals surface area contributed by atoms with Gasteiger partial charge in [0.2, 0.25) is 5.91 Å². The Bertz CT molecular complexity index is 1070. The quantitative estimate of drug-likeness (QED) is 0.721. The topological polar surface area (TPSA) is 81.8 Å². The second-order valence-electron chi connectivity index (χ2n) is 8.05. The monoisotopic (exact) mass is 401 g/mol. The van der Waals surface area contributed by atoms with Gasteiger partial charge in [-0.15, -0.1) is 0 Å². The van der Waals surface area contributed by atoms with E-state index >= 15 is 0 Å². The average molecular weight is 402 g/mol. The van der Waals surface area contributed by atoms with Crippen molar-refractivity contribution in [1.29, 1.82) is 0 Å². The molecule has 0 unspecified atom stereocenters. The molecule has 7 nitrogen and oxygen atoms in total. The number of halogens is 1. The van der Waals surface area contributed by atoms with Gasteiger partial charge in [-0.2, -0.15) is 10.2 Å². The van der Waals surface area contributed by atoms with Crippen molar-refractivity contribution in [2.75, 3.05) is 5.32 Å². The van der Waals surface area contributed by atoms with E-state index in [2.05, 4.69) is 15.5 Å². The zero-order valence-electron chi connectivity index (χ0n) is 16.7. The van der Waals surface area contributed by atoms with E-state index < -0.39 is 0 Å². The van der Waals surface area contributed by atoms with Gasteiger partial charge in [0.15, 0.2) is 0 Å². The Morgan fingerprint density at radius 2 is 1.86 bits per heavy atom. The maximum absolute atomic E-state index is 13.1. The number of carbonyl (C=O) groups excluding carboxylic acids is 1. The van der Waals surface area contributed by atoms with E-state index in [9.17, 15) is 9.59 Å². The van der Waals surface area contributed by atoms with Crippen LogP contribution in [0.3, 0.4) is 0 Å². The van der Waals surface area contributed by atoms with Gasteiger partial charge in [-0.3, -0.25) is 14.3 Å². The maximum Gasteiger partial charge on any atom is 0.293 e. The molecular weight excluding hydrogens is 378 g/mol. The van der Waals surface area contributed by atoms with Gasteiger partial charge in [-0.05, 0) is 51.0 Å². The number of benzene rings is 1. The fourth-order valence-electron chi connectivity index (χ4n) is 3.01. The molecule has 0 spiro atoms. The number of amides is 1. The molecule has 1 aromatic carbocycles. The van der Waals surface area contributed by atoms with Crippen molar-refractivity contribution in [3.05, 3.63) is 51.5 Å². The first-order chi connectivity index (χ1) is 13.1. The molecule has 2 aromatic heterocycles. The van der Waals surface area contributed by atoms with Crippen LogP contribution in [0.4, 0.5) is 5.69 Å². The van der Waals surface area contributed by atoms with E-state index in [4.69, 9.17) is 11.6 Å². The third kappa shape index (κ3) is 3.94. The molecule has 0 aliphatic heterocycles. The Hall–Kier alpha value is -2.67. The SMILES string of the molecule is CC(C)c1nn(CC(=O)Nc2ccc(Cl)cc2)c(=O)c2c1cnn2C(C)(C)C. The second kappa shape index (κ2) is 7.39. The summed E-state index contributed by atoms with van der Waals surface area (Å²) in [4.78, 5) is 25.6. The van der Waals surface area contributed by atoms with Crippen molar-refractivity contribution in [1.82, 2.24) is 19.6 Å². The number of nitrogens with one attached hydrogen (secondary N) is 1. The summed E-state index contributed by atoms with van der Waals surface area (Å²) < 4.78 is 2.92. The summed E-state index contributed by atoms with van der Waals surface area (Å²) in [5, 5.41) is 12.9. The predicted octanol–water partition coefficient (Wildman–Crippen LogP) is 3.76. The highest BCUT2D eigenvalue weighted by Crippen LogP contribution is 2.24. The molecule has 0 saturated heterocycles. The third-order valence-electron chi connectivity index (χ3n) is 4.31. The fourth-order valence-corrected chi connectivity index (χ4v) is 3.13. The van der Waals surface area contributed by atoms with Gasteiger partial charge in [-0.1, -0.05) is 25.4 Å². The third-order valence-corrected chi connectivity index (χ3v) is 4.57. The average Bonchev–Trinajstić information content (AvgIpc) is 3.05. The maximum atomic E-state index is 13.1. The van der Waals surface area contributed by atoms with E-state index in [1.807, 2.05) is 34.6 Å². The summed E-state index contributed by atoms with van der Waals surface area (Å²) in [6, 6.07) is 6.78. The van der Waals surface area contributed by atoms with Crippen molar-refractivity contribution in [2.24, 2.45) is 0 Å². The number of hydrogen-bond donors (Lipinski definition) is 1. The number of nitrogens with zero attached hydrogens (tertiary/aromatic N) is 4. The Kier molecular flexibility index (Phi) is 5.30. The zero-order chi connectivity index (χ0) is 20.6. The lowest BCUT2D eigenvalue weighted by Crippen LogP contribution is -2.34. The van der Waals surface area contributed by atoms with Gasteiger partial charge in [0.1, 0.15) is 12.1 Å². The number of carbonyl (C=O) groups is 1. The van der Waals surface area contributed by atoms with Crippen LogP contribution in [0.1, 0.15) is 46.2 Å². The van der Waals surface area contributed by atoms with Gasteiger partial charge in [-0.25, -0.2) is 4.68 Å². The lowest BCUT2D eigenvalue weighted by Gasteiger charge is -2.21. The van der Waals surface area contributed by atoms with Crippen LogP contribution in [0.5, 0.6) is 0 Å². The Morgan fingerprint density at radius 1 is 1.21 bits per heavy atom. The minimum Gasteiger partial charge on any atom is -0.324 e. The van der Waals surface area contributed by atoms with Gasteiger partial charge >= 0.3 is 0 Å². The Balaban J connectivity index is 2.03. The highest BCUT2D eigenvalue weighted by Gasteiger charge is 2.24. The van der Waals surface area contributed by atoms with Crippen molar-refractivity contribution < 1.29 is 4.79 Å². The predicted molar refractivity (Wildman–Crippen MR) is 111 cm³/mol. The van der Waals surface area contributed by atoms with Crippen molar-refractivity contribution in [3.8, 4) is 0 Å². The summed E-state index contributed by atoms with van der Waals surface area (Å²) in [6.45, 7) is 9.74. The minimum absolute atomic E-state index is 0.0753. The molecule has 3 rings (SSSR count). The number of aromatic nitrogens is 4. The molecule has 1 N–H and O–H groups in total. The second-order valence-corrected chi connectivity index (χ2v) is 8.48. The number of rotatable bonds is 4. The summed E-state index contributed by atoms with van der Waals surface area (Å²) in [5.41, 5.74) is 1.10. The fraction of sp³-hybridized carbons (Fsp3) is 0.400. The molecule has 0 atom stereocenters. The van der Waals surface area contributed by atoms with Crippen LogP contribution in [0.2, 0.25) is 5.02 Å². The van der Waals surface area contributed by atoms with Gasteiger partial charge in [0, 0.05) is 16.1 Å². The molecular formula is C20H24ClN5O2. The molecule has 2 heterocycles. The van der Waals surface area contributed by atoms with Crippen LogP contribution < -0.4 is 10.9 Å². The van der Waals surface area contributed by atoms with Crippen LogP contribution in [0.25, 0.3) is 10.9 Å². The highest BCUT2D eigenvalue weighted by molar-refractivity contribution is 6.30. The molecule has 0 fully saturated rings. The van der Waals surface area contributed by atoms with Crippen molar-refractivity contribution in [2.45, 2.75) is 52.6 Å². The highest BCUT2D eigenvalue weighted by atomic mass is 35.5. The van der Waals surface area contributed by atoms with E-state index in [0.717, 1.165) is 11.1 Å². The first-order valence-electron chi connectivity index (χ1n) is 9.12. The van der Waals surface area contributed by atoms with Crippen LogP contribution in [-0.4, -0.2) is 25.5 Å². The Labute approximate surface area is 168 Å². The first-order valence-corrected chi connectivity index (χ1v) is 9.50.